The molecule has 7 heteroatoms. The molecule has 3 aromatic carbocycles. The summed E-state index contributed by atoms with van der Waals surface area (Å²) in [6, 6.07) is 18.9. The van der Waals surface area contributed by atoms with E-state index < -0.39 is 11.0 Å². The number of phenolic OH excluding ortho intramolecular Hbond substituents is 1. The maximum absolute atomic E-state index is 11.4. The number of rotatable bonds is 9. The van der Waals surface area contributed by atoms with Crippen molar-refractivity contribution in [2.75, 3.05) is 13.1 Å². The smallest absolute Gasteiger partial charge is 0.274 e. The third-order valence-electron chi connectivity index (χ3n) is 6.74. The lowest BCUT2D eigenvalue weighted by molar-refractivity contribution is -0.385. The first kappa shape index (κ1) is 24.1. The number of aromatic hydroxyl groups is 1. The van der Waals surface area contributed by atoms with Gasteiger partial charge in [0, 0.05) is 36.3 Å². The van der Waals surface area contributed by atoms with E-state index in [1.165, 1.54) is 34.5 Å². The van der Waals surface area contributed by atoms with Gasteiger partial charge >= 0.3 is 0 Å². The van der Waals surface area contributed by atoms with Crippen LogP contribution in [-0.4, -0.2) is 50.8 Å². The van der Waals surface area contributed by atoms with E-state index in [2.05, 4.69) is 54.4 Å². The molecule has 3 N–H and O–H groups in total. The van der Waals surface area contributed by atoms with Crippen molar-refractivity contribution in [2.24, 2.45) is 0 Å². The molecule has 0 radical (unpaired) electrons. The molecule has 2 unspecified atom stereocenters. The second-order valence-electron chi connectivity index (χ2n) is 9.94. The molecule has 7 nitrogen and oxygen atoms in total. The Bertz CT molecular complexity index is 1160. The Morgan fingerprint density at radius 1 is 1.15 bits per heavy atom. The molecule has 0 aliphatic carbocycles. The number of hydrogen-bond acceptors (Lipinski definition) is 6. The highest BCUT2D eigenvalue weighted by Crippen LogP contribution is 2.29. The fraction of sp³-hybridized carbons (Fsp3) is 0.407. The van der Waals surface area contributed by atoms with Gasteiger partial charge in [-0.1, -0.05) is 42.5 Å². The molecular formula is C27H33N3O4. The van der Waals surface area contributed by atoms with Crippen LogP contribution in [0.2, 0.25) is 0 Å². The Morgan fingerprint density at radius 2 is 1.91 bits per heavy atom. The van der Waals surface area contributed by atoms with Crippen LogP contribution in [0.3, 0.4) is 0 Å². The molecule has 0 amide bonds. The molecule has 1 saturated heterocycles. The lowest BCUT2D eigenvalue weighted by Crippen LogP contribution is -2.50. The van der Waals surface area contributed by atoms with Crippen LogP contribution in [0.25, 0.3) is 10.8 Å². The van der Waals surface area contributed by atoms with Crippen molar-refractivity contribution < 1.29 is 15.1 Å². The SMILES string of the molecule is CC(C)(Cc1ccc2ccccc2c1)NCC(O)C1CCCN1Cc1cc(O)ccc1[N+](=O)[O-]. The Hall–Kier alpha value is -3.00. The maximum atomic E-state index is 11.4. The van der Waals surface area contributed by atoms with E-state index in [1.807, 2.05) is 12.1 Å². The van der Waals surface area contributed by atoms with E-state index in [1.54, 1.807) is 0 Å². The van der Waals surface area contributed by atoms with Crippen molar-refractivity contribution in [1.29, 1.82) is 0 Å². The van der Waals surface area contributed by atoms with Crippen LogP contribution in [0, 0.1) is 10.1 Å². The fourth-order valence-corrected chi connectivity index (χ4v) is 5.02. The molecule has 1 fully saturated rings. The summed E-state index contributed by atoms with van der Waals surface area (Å²) in [4.78, 5) is 13.1. The van der Waals surface area contributed by atoms with Crippen molar-refractivity contribution in [2.45, 2.75) is 57.3 Å². The predicted molar refractivity (Wildman–Crippen MR) is 134 cm³/mol. The number of aliphatic hydroxyl groups is 1. The average molecular weight is 464 g/mol. The van der Waals surface area contributed by atoms with Crippen molar-refractivity contribution in [3.05, 3.63) is 81.9 Å². The molecule has 1 aliphatic rings. The molecule has 1 aliphatic heterocycles. The van der Waals surface area contributed by atoms with E-state index in [0.29, 0.717) is 18.7 Å². The highest BCUT2D eigenvalue weighted by Gasteiger charge is 2.33. The normalized spacial score (nSPS) is 17.8. The molecule has 4 rings (SSSR count). The van der Waals surface area contributed by atoms with Gasteiger partial charge in [-0.15, -0.1) is 0 Å². The van der Waals surface area contributed by atoms with Gasteiger partial charge in [-0.25, -0.2) is 0 Å². The molecule has 0 bridgehead atoms. The monoisotopic (exact) mass is 463 g/mol. The quantitative estimate of drug-likeness (QED) is 0.322. The van der Waals surface area contributed by atoms with Crippen LogP contribution >= 0.6 is 0 Å². The Balaban J connectivity index is 1.38. The second kappa shape index (κ2) is 10.1. The van der Waals surface area contributed by atoms with Gasteiger partial charge < -0.3 is 15.5 Å². The number of likely N-dealkylation sites (tertiary alicyclic amines) is 1. The number of phenols is 1. The lowest BCUT2D eigenvalue weighted by atomic mass is 9.93. The lowest BCUT2D eigenvalue weighted by Gasteiger charge is -2.32. The van der Waals surface area contributed by atoms with Crippen molar-refractivity contribution in [3.8, 4) is 5.75 Å². The predicted octanol–water partition coefficient (Wildman–Crippen LogP) is 4.39. The zero-order valence-corrected chi connectivity index (χ0v) is 19.8. The zero-order valence-electron chi connectivity index (χ0n) is 19.8. The first-order valence-corrected chi connectivity index (χ1v) is 11.8. The molecule has 3 aromatic rings. The second-order valence-corrected chi connectivity index (χ2v) is 9.94. The minimum atomic E-state index is -0.602. The average Bonchev–Trinajstić information content (AvgIpc) is 3.25. The number of hydrogen-bond donors (Lipinski definition) is 3. The van der Waals surface area contributed by atoms with E-state index in [0.717, 1.165) is 25.8 Å². The van der Waals surface area contributed by atoms with Gasteiger partial charge in [-0.05, 0) is 68.1 Å². The third kappa shape index (κ3) is 5.73. The largest absolute Gasteiger partial charge is 0.508 e. The molecule has 1 heterocycles. The molecule has 0 spiro atoms. The minimum Gasteiger partial charge on any atom is -0.508 e. The van der Waals surface area contributed by atoms with Crippen molar-refractivity contribution in [3.63, 3.8) is 0 Å². The number of β-amino-alcohol motifs (C(OH)–C–C–N with tert-alkyl or cyclic N) is 1. The standard InChI is InChI=1S/C27H33N3O4/c1-27(2,16-19-9-10-20-6-3-4-7-21(20)14-19)28-17-26(32)25-8-5-13-29(25)18-22-15-23(31)11-12-24(22)30(33)34/h3-4,6-7,9-12,14-15,25-26,28,31-32H,5,8,13,16-18H2,1-2H3. The Kier molecular flexibility index (Phi) is 7.16. The summed E-state index contributed by atoms with van der Waals surface area (Å²) < 4.78 is 0. The summed E-state index contributed by atoms with van der Waals surface area (Å²) in [5.41, 5.74) is 1.49. The van der Waals surface area contributed by atoms with Crippen molar-refractivity contribution >= 4 is 16.5 Å². The van der Waals surface area contributed by atoms with Gasteiger partial charge in [-0.3, -0.25) is 15.0 Å². The molecule has 2 atom stereocenters. The van der Waals surface area contributed by atoms with Gasteiger partial charge in [-0.2, -0.15) is 0 Å². The highest BCUT2D eigenvalue weighted by atomic mass is 16.6. The topological polar surface area (TPSA) is 98.9 Å². The summed E-state index contributed by atoms with van der Waals surface area (Å²) in [6.45, 7) is 5.79. The fourth-order valence-electron chi connectivity index (χ4n) is 5.02. The van der Waals surface area contributed by atoms with Crippen LogP contribution in [0.4, 0.5) is 5.69 Å². The minimum absolute atomic E-state index is 0.00687. The number of nitrogens with one attached hydrogen (secondary N) is 1. The number of benzene rings is 3. The van der Waals surface area contributed by atoms with Gasteiger partial charge in [0.05, 0.1) is 11.0 Å². The third-order valence-corrected chi connectivity index (χ3v) is 6.74. The van der Waals surface area contributed by atoms with Crippen molar-refractivity contribution in [1.82, 2.24) is 10.2 Å². The van der Waals surface area contributed by atoms with E-state index in [4.69, 9.17) is 0 Å². The van der Waals surface area contributed by atoms with Crippen LogP contribution < -0.4 is 5.32 Å². The van der Waals surface area contributed by atoms with Crippen LogP contribution in [-0.2, 0) is 13.0 Å². The molecule has 34 heavy (non-hydrogen) atoms. The maximum Gasteiger partial charge on any atom is 0.274 e. The molecule has 0 aromatic heterocycles. The Labute approximate surface area is 200 Å². The summed E-state index contributed by atoms with van der Waals surface area (Å²) >= 11 is 0. The van der Waals surface area contributed by atoms with E-state index >= 15 is 0 Å². The number of aliphatic hydroxyl groups excluding tert-OH is 1. The van der Waals surface area contributed by atoms with Crippen LogP contribution in [0.15, 0.2) is 60.7 Å². The van der Waals surface area contributed by atoms with E-state index in [9.17, 15) is 20.3 Å². The summed E-state index contributed by atoms with van der Waals surface area (Å²) in [7, 11) is 0. The van der Waals surface area contributed by atoms with Gasteiger partial charge in [0.15, 0.2) is 0 Å². The number of fused-ring (bicyclic) bond motifs is 1. The first-order chi connectivity index (χ1) is 16.2. The van der Waals surface area contributed by atoms with Gasteiger partial charge in [0.25, 0.3) is 5.69 Å². The Morgan fingerprint density at radius 3 is 2.68 bits per heavy atom. The number of nitrogens with zero attached hydrogens (tertiary/aromatic N) is 2. The number of nitro groups is 1. The zero-order chi connectivity index (χ0) is 24.3. The number of nitro benzene ring substituents is 1. The van der Waals surface area contributed by atoms with Gasteiger partial charge in [0.1, 0.15) is 5.75 Å². The summed E-state index contributed by atoms with van der Waals surface area (Å²) in [5.74, 6) is 0.00834. The first-order valence-electron chi connectivity index (χ1n) is 11.8. The molecule has 0 saturated carbocycles. The molecule has 180 valence electrons. The van der Waals surface area contributed by atoms with E-state index in [-0.39, 0.29) is 23.0 Å². The summed E-state index contributed by atoms with van der Waals surface area (Å²) in [6.07, 6.45) is 1.99. The van der Waals surface area contributed by atoms with Gasteiger partial charge in [0.2, 0.25) is 0 Å². The molecular weight excluding hydrogens is 430 g/mol. The highest BCUT2D eigenvalue weighted by molar-refractivity contribution is 5.83. The summed E-state index contributed by atoms with van der Waals surface area (Å²) in [5, 5.41) is 38.2. The van der Waals surface area contributed by atoms with Crippen LogP contribution in [0.5, 0.6) is 5.75 Å². The van der Waals surface area contributed by atoms with Crippen LogP contribution in [0.1, 0.15) is 37.8 Å².